The molecule has 0 aliphatic carbocycles. The highest BCUT2D eigenvalue weighted by Crippen LogP contribution is 2.07. The second-order valence-corrected chi connectivity index (χ2v) is 6.09. The van der Waals surface area contributed by atoms with Crippen molar-refractivity contribution in [3.8, 4) is 0 Å². The van der Waals surface area contributed by atoms with E-state index in [1.807, 2.05) is 7.05 Å². The van der Waals surface area contributed by atoms with Gasteiger partial charge in [0.05, 0.1) is 6.54 Å². The Labute approximate surface area is 143 Å². The number of nitrogens with one attached hydrogen (secondary N) is 1. The van der Waals surface area contributed by atoms with Gasteiger partial charge >= 0.3 is 5.69 Å². The van der Waals surface area contributed by atoms with Crippen molar-refractivity contribution in [2.75, 3.05) is 33.2 Å². The van der Waals surface area contributed by atoms with E-state index in [4.69, 9.17) is 0 Å². The first-order valence-corrected chi connectivity index (χ1v) is 8.01. The number of carbonyl (C=O) groups is 1. The highest BCUT2D eigenvalue weighted by molar-refractivity contribution is 5.93. The summed E-state index contributed by atoms with van der Waals surface area (Å²) in [5.74, 6) is -0.929. The lowest BCUT2D eigenvalue weighted by atomic mass is 10.2. The quantitative estimate of drug-likeness (QED) is 0.856. The van der Waals surface area contributed by atoms with Crippen molar-refractivity contribution in [2.45, 2.75) is 6.54 Å². The molecular formula is C17H19FN4O3. The minimum Gasteiger partial charge on any atom is -0.336 e. The van der Waals surface area contributed by atoms with Gasteiger partial charge < -0.3 is 14.8 Å². The number of nitrogens with zero attached hydrogens (tertiary/aromatic N) is 3. The number of benzene rings is 1. The maximum Gasteiger partial charge on any atom is 0.328 e. The lowest BCUT2D eigenvalue weighted by Crippen LogP contribution is -2.49. The Bertz CT molecular complexity index is 897. The van der Waals surface area contributed by atoms with Crippen molar-refractivity contribution >= 4 is 5.91 Å². The number of H-pyrrole nitrogens is 1. The average Bonchev–Trinajstić information content (AvgIpc) is 2.60. The van der Waals surface area contributed by atoms with Gasteiger partial charge in [0.1, 0.15) is 11.4 Å². The maximum atomic E-state index is 13.8. The Kier molecular flexibility index (Phi) is 4.80. The number of likely N-dealkylation sites (N-methyl/N-ethyl adjacent to an activating group) is 1. The molecule has 8 heteroatoms. The van der Waals surface area contributed by atoms with Gasteiger partial charge in [-0.3, -0.25) is 14.2 Å². The summed E-state index contributed by atoms with van der Waals surface area (Å²) in [6.45, 7) is 2.24. The summed E-state index contributed by atoms with van der Waals surface area (Å²) in [6, 6.07) is 5.90. The van der Waals surface area contributed by atoms with Crippen molar-refractivity contribution in [1.29, 1.82) is 0 Å². The van der Waals surface area contributed by atoms with Crippen LogP contribution in [0.5, 0.6) is 0 Å². The van der Waals surface area contributed by atoms with E-state index < -0.39 is 23.0 Å². The molecule has 3 rings (SSSR count). The van der Waals surface area contributed by atoms with E-state index >= 15 is 0 Å². The molecule has 0 bridgehead atoms. The van der Waals surface area contributed by atoms with Crippen LogP contribution in [0.4, 0.5) is 4.39 Å². The fourth-order valence-corrected chi connectivity index (χ4v) is 2.78. The first-order chi connectivity index (χ1) is 12.0. The van der Waals surface area contributed by atoms with Gasteiger partial charge in [-0.25, -0.2) is 9.18 Å². The smallest absolute Gasteiger partial charge is 0.328 e. The van der Waals surface area contributed by atoms with Crippen molar-refractivity contribution < 1.29 is 9.18 Å². The first kappa shape index (κ1) is 17.1. The molecule has 7 nitrogen and oxygen atoms in total. The SMILES string of the molecule is CN1CCN(C(=O)c2c[nH]c(=O)n(Cc3ccccc3F)c2=O)CC1. The van der Waals surface area contributed by atoms with Crippen LogP contribution < -0.4 is 11.2 Å². The van der Waals surface area contributed by atoms with Crippen LogP contribution in [-0.2, 0) is 6.54 Å². The van der Waals surface area contributed by atoms with E-state index in [1.54, 1.807) is 11.0 Å². The van der Waals surface area contributed by atoms with Crippen molar-refractivity contribution in [1.82, 2.24) is 19.4 Å². The predicted molar refractivity (Wildman–Crippen MR) is 90.2 cm³/mol. The highest BCUT2D eigenvalue weighted by Gasteiger charge is 2.24. The first-order valence-electron chi connectivity index (χ1n) is 8.01. The molecule has 0 saturated carbocycles. The largest absolute Gasteiger partial charge is 0.336 e. The number of carbonyl (C=O) groups excluding carboxylic acids is 1. The third kappa shape index (κ3) is 3.53. The van der Waals surface area contributed by atoms with Crippen LogP contribution >= 0.6 is 0 Å². The van der Waals surface area contributed by atoms with Crippen molar-refractivity contribution in [3.05, 3.63) is 68.2 Å². The van der Waals surface area contributed by atoms with Crippen LogP contribution in [0.2, 0.25) is 0 Å². The molecule has 2 heterocycles. The number of rotatable bonds is 3. The van der Waals surface area contributed by atoms with E-state index in [9.17, 15) is 18.8 Å². The zero-order valence-electron chi connectivity index (χ0n) is 13.9. The van der Waals surface area contributed by atoms with E-state index in [0.717, 1.165) is 23.9 Å². The lowest BCUT2D eigenvalue weighted by molar-refractivity contribution is 0.0661. The topological polar surface area (TPSA) is 78.4 Å². The van der Waals surface area contributed by atoms with Crippen LogP contribution in [0.15, 0.2) is 40.1 Å². The fourth-order valence-electron chi connectivity index (χ4n) is 2.78. The summed E-state index contributed by atoms with van der Waals surface area (Å²) >= 11 is 0. The minimum absolute atomic E-state index is 0.111. The molecule has 1 saturated heterocycles. The summed E-state index contributed by atoms with van der Waals surface area (Å²) in [7, 11) is 1.96. The summed E-state index contributed by atoms with van der Waals surface area (Å²) in [5, 5.41) is 0. The monoisotopic (exact) mass is 346 g/mol. The number of halogens is 1. The number of hydrogen-bond acceptors (Lipinski definition) is 4. The molecule has 1 amide bonds. The van der Waals surface area contributed by atoms with E-state index in [2.05, 4.69) is 9.88 Å². The Morgan fingerprint density at radius 2 is 1.84 bits per heavy atom. The number of amides is 1. The van der Waals surface area contributed by atoms with Crippen LogP contribution in [0, 0.1) is 5.82 Å². The second kappa shape index (κ2) is 7.02. The third-order valence-corrected chi connectivity index (χ3v) is 4.37. The molecule has 0 radical (unpaired) electrons. The van der Waals surface area contributed by atoms with Gasteiger partial charge in [0, 0.05) is 37.9 Å². The van der Waals surface area contributed by atoms with Crippen molar-refractivity contribution in [2.24, 2.45) is 0 Å². The van der Waals surface area contributed by atoms with E-state index in [-0.39, 0.29) is 17.7 Å². The van der Waals surface area contributed by atoms with Crippen molar-refractivity contribution in [3.63, 3.8) is 0 Å². The van der Waals surface area contributed by atoms with E-state index in [1.165, 1.54) is 18.2 Å². The maximum absolute atomic E-state index is 13.8. The Balaban J connectivity index is 1.92. The normalized spacial score (nSPS) is 15.4. The molecule has 2 aromatic rings. The zero-order chi connectivity index (χ0) is 18.0. The second-order valence-electron chi connectivity index (χ2n) is 6.09. The number of aromatic nitrogens is 2. The Hall–Kier alpha value is -2.74. The zero-order valence-corrected chi connectivity index (χ0v) is 13.9. The molecule has 1 N–H and O–H groups in total. The summed E-state index contributed by atoms with van der Waals surface area (Å²) in [4.78, 5) is 43.3. The highest BCUT2D eigenvalue weighted by atomic mass is 19.1. The summed E-state index contributed by atoms with van der Waals surface area (Å²) < 4.78 is 14.7. The van der Waals surface area contributed by atoms with Gasteiger partial charge in [-0.15, -0.1) is 0 Å². The van der Waals surface area contributed by atoms with Gasteiger partial charge in [0.2, 0.25) is 0 Å². The van der Waals surface area contributed by atoms with Gasteiger partial charge in [0.25, 0.3) is 11.5 Å². The average molecular weight is 346 g/mol. The van der Waals surface area contributed by atoms with Crippen LogP contribution in [0.1, 0.15) is 15.9 Å². The minimum atomic E-state index is -0.712. The summed E-state index contributed by atoms with van der Waals surface area (Å²) in [5.41, 5.74) is -1.29. The molecule has 0 atom stereocenters. The predicted octanol–water partition coefficient (Wildman–Crippen LogP) is 0.112. The van der Waals surface area contributed by atoms with Crippen LogP contribution in [-0.4, -0.2) is 58.5 Å². The lowest BCUT2D eigenvalue weighted by Gasteiger charge is -2.32. The number of piperazine rings is 1. The molecule has 1 aromatic carbocycles. The molecule has 25 heavy (non-hydrogen) atoms. The third-order valence-electron chi connectivity index (χ3n) is 4.37. The van der Waals surface area contributed by atoms with Gasteiger partial charge in [-0.2, -0.15) is 0 Å². The van der Waals surface area contributed by atoms with Gasteiger partial charge in [-0.05, 0) is 13.1 Å². The Morgan fingerprint density at radius 1 is 1.16 bits per heavy atom. The molecule has 132 valence electrons. The van der Waals surface area contributed by atoms with Gasteiger partial charge in [0.15, 0.2) is 0 Å². The van der Waals surface area contributed by atoms with Gasteiger partial charge in [-0.1, -0.05) is 18.2 Å². The number of aromatic amines is 1. The molecule has 1 fully saturated rings. The Morgan fingerprint density at radius 3 is 2.52 bits per heavy atom. The molecular weight excluding hydrogens is 327 g/mol. The molecule has 1 aliphatic heterocycles. The van der Waals surface area contributed by atoms with E-state index in [0.29, 0.717) is 13.1 Å². The summed E-state index contributed by atoms with van der Waals surface area (Å²) in [6.07, 6.45) is 1.14. The number of hydrogen-bond donors (Lipinski definition) is 1. The molecule has 1 aliphatic rings. The molecule has 0 unspecified atom stereocenters. The molecule has 1 aromatic heterocycles. The standard InChI is InChI=1S/C17H19FN4O3/c1-20-6-8-21(9-7-20)15(23)13-10-19-17(25)22(16(13)24)11-12-4-2-3-5-14(12)18/h2-5,10H,6-9,11H2,1H3,(H,19,25). The fraction of sp³-hybridized carbons (Fsp3) is 0.353. The van der Waals surface area contributed by atoms with Crippen LogP contribution in [0.25, 0.3) is 0 Å². The van der Waals surface area contributed by atoms with Crippen LogP contribution in [0.3, 0.4) is 0 Å². The molecule has 0 spiro atoms.